The number of hydrogen-bond donors (Lipinski definition) is 0. The number of hydrogen-bond acceptors (Lipinski definition) is 2. The lowest BCUT2D eigenvalue weighted by molar-refractivity contribution is 1.41. The molecule has 0 spiro atoms. The van der Waals surface area contributed by atoms with E-state index in [1.54, 1.807) is 0 Å². The molecule has 0 unspecified atom stereocenters. The van der Waals surface area contributed by atoms with Gasteiger partial charge in [0.1, 0.15) is 0 Å². The predicted octanol–water partition coefficient (Wildman–Crippen LogP) is 7.12. The molecular formula is C28H20N2. The minimum atomic E-state index is 1.01. The minimum Gasteiger partial charge on any atom is -0.256 e. The first kappa shape index (κ1) is 18.0. The summed E-state index contributed by atoms with van der Waals surface area (Å²) in [5, 5.41) is 2.33. The summed E-state index contributed by atoms with van der Waals surface area (Å²) >= 11 is 0. The molecule has 0 radical (unpaired) electrons. The number of rotatable bonds is 4. The van der Waals surface area contributed by atoms with E-state index in [2.05, 4.69) is 94.9 Å². The summed E-state index contributed by atoms with van der Waals surface area (Å²) in [4.78, 5) is 8.88. The molecule has 2 heterocycles. The Morgan fingerprint density at radius 3 is 1.50 bits per heavy atom. The van der Waals surface area contributed by atoms with Crippen molar-refractivity contribution in [2.24, 2.45) is 0 Å². The third kappa shape index (κ3) is 3.76. The number of pyridine rings is 2. The largest absolute Gasteiger partial charge is 0.256 e. The van der Waals surface area contributed by atoms with Gasteiger partial charge in [-0.05, 0) is 52.6 Å². The van der Waals surface area contributed by atoms with E-state index >= 15 is 0 Å². The van der Waals surface area contributed by atoms with E-state index in [1.807, 2.05) is 36.7 Å². The van der Waals surface area contributed by atoms with Gasteiger partial charge in [0.25, 0.3) is 0 Å². The van der Waals surface area contributed by atoms with Crippen molar-refractivity contribution in [1.29, 1.82) is 0 Å². The van der Waals surface area contributed by atoms with Gasteiger partial charge in [0, 0.05) is 23.2 Å². The maximum absolute atomic E-state index is 4.44. The predicted molar refractivity (Wildman–Crippen MR) is 128 cm³/mol. The van der Waals surface area contributed by atoms with Crippen molar-refractivity contribution < 1.29 is 0 Å². The molecule has 5 rings (SSSR count). The van der Waals surface area contributed by atoms with Crippen LogP contribution in [-0.2, 0) is 0 Å². The van der Waals surface area contributed by atoms with Gasteiger partial charge in [-0.2, -0.15) is 0 Å². The summed E-state index contributed by atoms with van der Waals surface area (Å²) in [6, 6.07) is 29.1. The molecule has 0 saturated carbocycles. The Hall–Kier alpha value is -4.04. The van der Waals surface area contributed by atoms with Crippen LogP contribution in [0.3, 0.4) is 0 Å². The summed E-state index contributed by atoms with van der Waals surface area (Å²) in [5.74, 6) is 0. The Bertz CT molecular complexity index is 1280. The molecule has 2 aromatic heterocycles. The zero-order chi connectivity index (χ0) is 20.2. The first-order valence-corrected chi connectivity index (χ1v) is 10.0. The van der Waals surface area contributed by atoms with Gasteiger partial charge in [0.05, 0.1) is 11.0 Å². The SMILES string of the molecule is C(=C\c1ccnc2ccccc12)/c1cccc(/C=C/c2ccnc3ccccc23)c1. The van der Waals surface area contributed by atoms with Gasteiger partial charge in [-0.3, -0.25) is 9.97 Å². The molecular weight excluding hydrogens is 364 g/mol. The fourth-order valence-corrected chi connectivity index (χ4v) is 3.66. The van der Waals surface area contributed by atoms with E-state index in [1.165, 1.54) is 11.1 Å². The van der Waals surface area contributed by atoms with Crippen molar-refractivity contribution in [3.8, 4) is 0 Å². The summed E-state index contributed by atoms with van der Waals surface area (Å²) in [6.45, 7) is 0. The number of para-hydroxylation sites is 2. The van der Waals surface area contributed by atoms with Crippen molar-refractivity contribution >= 4 is 46.1 Å². The highest BCUT2D eigenvalue weighted by molar-refractivity contribution is 5.91. The topological polar surface area (TPSA) is 25.8 Å². The fraction of sp³-hybridized carbons (Fsp3) is 0. The van der Waals surface area contributed by atoms with Crippen LogP contribution in [0.2, 0.25) is 0 Å². The molecule has 0 N–H and O–H groups in total. The van der Waals surface area contributed by atoms with E-state index in [0.717, 1.165) is 32.9 Å². The first-order valence-electron chi connectivity index (χ1n) is 10.0. The monoisotopic (exact) mass is 384 g/mol. The van der Waals surface area contributed by atoms with Gasteiger partial charge in [-0.1, -0.05) is 78.9 Å². The molecule has 0 fully saturated rings. The molecule has 2 nitrogen and oxygen atoms in total. The molecule has 5 aromatic rings. The Kier molecular flexibility index (Phi) is 4.89. The van der Waals surface area contributed by atoms with E-state index in [0.29, 0.717) is 0 Å². The quantitative estimate of drug-likeness (QED) is 0.329. The highest BCUT2D eigenvalue weighted by Gasteiger charge is 1.99. The van der Waals surface area contributed by atoms with Gasteiger partial charge < -0.3 is 0 Å². The third-order valence-electron chi connectivity index (χ3n) is 5.19. The Morgan fingerprint density at radius 1 is 0.467 bits per heavy atom. The lowest BCUT2D eigenvalue weighted by atomic mass is 10.0. The molecule has 142 valence electrons. The summed E-state index contributed by atoms with van der Waals surface area (Å²) in [7, 11) is 0. The summed E-state index contributed by atoms with van der Waals surface area (Å²) in [6.07, 6.45) is 12.3. The molecule has 0 atom stereocenters. The minimum absolute atomic E-state index is 1.01. The maximum Gasteiger partial charge on any atom is 0.0707 e. The second-order valence-corrected chi connectivity index (χ2v) is 7.17. The van der Waals surface area contributed by atoms with Gasteiger partial charge >= 0.3 is 0 Å². The van der Waals surface area contributed by atoms with Crippen molar-refractivity contribution in [3.05, 3.63) is 120 Å². The van der Waals surface area contributed by atoms with Crippen molar-refractivity contribution in [1.82, 2.24) is 9.97 Å². The zero-order valence-electron chi connectivity index (χ0n) is 16.4. The first-order chi connectivity index (χ1) is 14.9. The third-order valence-corrected chi connectivity index (χ3v) is 5.19. The van der Waals surface area contributed by atoms with Crippen LogP contribution in [0.15, 0.2) is 97.3 Å². The average Bonchev–Trinajstić information content (AvgIpc) is 2.81. The summed E-state index contributed by atoms with van der Waals surface area (Å²) in [5.41, 5.74) is 6.70. The molecule has 0 saturated heterocycles. The molecule has 0 amide bonds. The van der Waals surface area contributed by atoms with Crippen LogP contribution >= 0.6 is 0 Å². The van der Waals surface area contributed by atoms with Gasteiger partial charge in [-0.25, -0.2) is 0 Å². The molecule has 0 aliphatic carbocycles. The fourth-order valence-electron chi connectivity index (χ4n) is 3.66. The second-order valence-electron chi connectivity index (χ2n) is 7.17. The number of fused-ring (bicyclic) bond motifs is 2. The van der Waals surface area contributed by atoms with E-state index in [9.17, 15) is 0 Å². The summed E-state index contributed by atoms with van der Waals surface area (Å²) < 4.78 is 0. The van der Waals surface area contributed by atoms with Crippen LogP contribution in [0, 0.1) is 0 Å². The highest BCUT2D eigenvalue weighted by Crippen LogP contribution is 2.21. The normalized spacial score (nSPS) is 11.7. The van der Waals surface area contributed by atoms with Gasteiger partial charge in [-0.15, -0.1) is 0 Å². The Labute approximate surface area is 175 Å². The molecule has 2 heteroatoms. The van der Waals surface area contributed by atoms with Crippen LogP contribution in [0.1, 0.15) is 22.3 Å². The van der Waals surface area contributed by atoms with E-state index < -0.39 is 0 Å². The standard InChI is InChI=1S/C28H20N2/c1-3-10-27-25(8-1)23(16-18-29-27)14-12-21-6-5-7-22(20-21)13-15-24-17-19-30-28-11-4-2-9-26(24)28/h1-20H/b14-12+,15-13+. The molecule has 0 aliphatic heterocycles. The van der Waals surface area contributed by atoms with Crippen LogP contribution < -0.4 is 0 Å². The van der Waals surface area contributed by atoms with E-state index in [-0.39, 0.29) is 0 Å². The van der Waals surface area contributed by atoms with Crippen molar-refractivity contribution in [2.45, 2.75) is 0 Å². The number of nitrogens with zero attached hydrogens (tertiary/aromatic N) is 2. The lowest BCUT2D eigenvalue weighted by Gasteiger charge is -2.02. The van der Waals surface area contributed by atoms with Gasteiger partial charge in [0.15, 0.2) is 0 Å². The molecule has 0 bridgehead atoms. The van der Waals surface area contributed by atoms with Crippen LogP contribution in [-0.4, -0.2) is 9.97 Å². The Morgan fingerprint density at radius 2 is 0.967 bits per heavy atom. The zero-order valence-corrected chi connectivity index (χ0v) is 16.4. The molecule has 30 heavy (non-hydrogen) atoms. The number of benzene rings is 3. The lowest BCUT2D eigenvalue weighted by Crippen LogP contribution is -1.82. The van der Waals surface area contributed by atoms with E-state index in [4.69, 9.17) is 0 Å². The molecule has 0 aliphatic rings. The maximum atomic E-state index is 4.44. The van der Waals surface area contributed by atoms with Crippen molar-refractivity contribution in [3.63, 3.8) is 0 Å². The average molecular weight is 384 g/mol. The van der Waals surface area contributed by atoms with Crippen LogP contribution in [0.25, 0.3) is 46.1 Å². The highest BCUT2D eigenvalue weighted by atomic mass is 14.6. The van der Waals surface area contributed by atoms with Gasteiger partial charge in [0.2, 0.25) is 0 Å². The Balaban J connectivity index is 1.43. The van der Waals surface area contributed by atoms with Crippen LogP contribution in [0.5, 0.6) is 0 Å². The molecule has 3 aromatic carbocycles. The second kappa shape index (κ2) is 8.14. The van der Waals surface area contributed by atoms with Crippen molar-refractivity contribution in [2.75, 3.05) is 0 Å². The number of aromatic nitrogens is 2. The smallest absolute Gasteiger partial charge is 0.0707 e. The van der Waals surface area contributed by atoms with Crippen LogP contribution in [0.4, 0.5) is 0 Å².